The smallest absolute Gasteiger partial charge is 0.262 e. The molecule has 0 aliphatic rings. The van der Waals surface area contributed by atoms with E-state index in [4.69, 9.17) is 4.74 Å². The highest BCUT2D eigenvalue weighted by Crippen LogP contribution is 2.25. The number of hydrogen-bond acceptors (Lipinski definition) is 6. The van der Waals surface area contributed by atoms with Crippen LogP contribution < -0.4 is 10.9 Å². The van der Waals surface area contributed by atoms with Crippen molar-refractivity contribution < 1.29 is 9.53 Å². The Balaban J connectivity index is 2.32. The molecule has 0 bridgehead atoms. The van der Waals surface area contributed by atoms with E-state index >= 15 is 0 Å². The summed E-state index contributed by atoms with van der Waals surface area (Å²) in [4.78, 5) is 31.3. The number of nitrogens with zero attached hydrogens (tertiary/aromatic N) is 2. The molecular weight excluding hydrogens is 358 g/mol. The largest absolute Gasteiger partial charge is 0.385 e. The molecule has 2 heterocycles. The topological polar surface area (TPSA) is 73.2 Å². The van der Waals surface area contributed by atoms with Crippen molar-refractivity contribution in [2.45, 2.75) is 51.4 Å². The van der Waals surface area contributed by atoms with E-state index in [0.717, 1.165) is 22.5 Å². The van der Waals surface area contributed by atoms with Crippen molar-refractivity contribution in [3.8, 4) is 0 Å². The van der Waals surface area contributed by atoms with Crippen molar-refractivity contribution >= 4 is 39.2 Å². The number of hydrogen-bond donors (Lipinski definition) is 1. The van der Waals surface area contributed by atoms with Crippen LogP contribution in [0, 0.1) is 0 Å². The minimum absolute atomic E-state index is 0.0381. The highest BCUT2D eigenvalue weighted by atomic mass is 32.2. The molecule has 0 spiro atoms. The van der Waals surface area contributed by atoms with Gasteiger partial charge in [0, 0.05) is 31.2 Å². The van der Waals surface area contributed by atoms with E-state index in [0.29, 0.717) is 23.7 Å². The number of thioether (sulfide) groups is 1. The molecule has 6 nitrogen and oxygen atoms in total. The maximum absolute atomic E-state index is 12.9. The molecule has 2 aromatic heterocycles. The molecule has 2 aromatic rings. The number of ether oxygens (including phenoxy) is 1. The zero-order chi connectivity index (χ0) is 18.4. The Morgan fingerprint density at radius 3 is 2.88 bits per heavy atom. The van der Waals surface area contributed by atoms with Crippen LogP contribution in [0.4, 0.5) is 0 Å². The van der Waals surface area contributed by atoms with Gasteiger partial charge in [-0.1, -0.05) is 18.7 Å². The third-order valence-electron chi connectivity index (χ3n) is 3.53. The van der Waals surface area contributed by atoms with Gasteiger partial charge in [0.15, 0.2) is 5.16 Å². The number of aryl methyl sites for hydroxylation is 1. The van der Waals surface area contributed by atoms with Gasteiger partial charge in [-0.25, -0.2) is 4.98 Å². The fourth-order valence-corrected chi connectivity index (χ4v) is 4.23. The molecule has 138 valence electrons. The quantitative estimate of drug-likeness (QED) is 0.409. The van der Waals surface area contributed by atoms with E-state index in [2.05, 4.69) is 17.2 Å². The molecule has 0 aliphatic carbocycles. The molecule has 8 heteroatoms. The van der Waals surface area contributed by atoms with E-state index in [9.17, 15) is 9.59 Å². The van der Waals surface area contributed by atoms with Gasteiger partial charge < -0.3 is 10.1 Å². The fourth-order valence-electron chi connectivity index (χ4n) is 2.39. The summed E-state index contributed by atoms with van der Waals surface area (Å²) in [5.74, 6) is 0.185. The first-order valence-corrected chi connectivity index (χ1v) is 10.2. The Morgan fingerprint density at radius 1 is 1.48 bits per heavy atom. The number of carbonyl (C=O) groups excluding carboxylic acids is 1. The van der Waals surface area contributed by atoms with Crippen LogP contribution in [0.3, 0.4) is 0 Å². The Morgan fingerprint density at radius 2 is 2.24 bits per heavy atom. The van der Waals surface area contributed by atoms with Gasteiger partial charge in [-0.15, -0.1) is 11.3 Å². The van der Waals surface area contributed by atoms with E-state index in [-0.39, 0.29) is 23.3 Å². The van der Waals surface area contributed by atoms with Crippen LogP contribution in [0.2, 0.25) is 0 Å². The average Bonchev–Trinajstić information content (AvgIpc) is 2.98. The number of nitrogens with one attached hydrogen (secondary N) is 1. The standard InChI is InChI=1S/C17H25N3O3S2/c1-5-12-9-13-15(25-12)19-17(24-10-14(21)18-11(2)3)20(16(13)22)7-6-8-23-4/h9,11H,5-8,10H2,1-4H3,(H,18,21). The summed E-state index contributed by atoms with van der Waals surface area (Å²) in [5.41, 5.74) is -0.0381. The number of amides is 1. The molecule has 2 rings (SSSR count). The summed E-state index contributed by atoms with van der Waals surface area (Å²) >= 11 is 2.85. The number of aromatic nitrogens is 2. The second kappa shape index (κ2) is 9.35. The van der Waals surface area contributed by atoms with Crippen LogP contribution in [0.15, 0.2) is 16.0 Å². The molecule has 0 unspecified atom stereocenters. The molecule has 0 saturated carbocycles. The van der Waals surface area contributed by atoms with Crippen LogP contribution >= 0.6 is 23.1 Å². The maximum Gasteiger partial charge on any atom is 0.262 e. The van der Waals surface area contributed by atoms with Gasteiger partial charge in [0.05, 0.1) is 11.1 Å². The predicted octanol–water partition coefficient (Wildman–Crippen LogP) is 2.67. The second-order valence-corrected chi connectivity index (χ2v) is 8.05. The monoisotopic (exact) mass is 383 g/mol. The van der Waals surface area contributed by atoms with Gasteiger partial charge in [-0.3, -0.25) is 14.2 Å². The summed E-state index contributed by atoms with van der Waals surface area (Å²) < 4.78 is 6.76. The molecule has 0 aliphatic heterocycles. The number of fused-ring (bicyclic) bond motifs is 1. The molecule has 0 atom stereocenters. The molecule has 1 amide bonds. The van der Waals surface area contributed by atoms with Gasteiger partial charge in [-0.2, -0.15) is 0 Å². The summed E-state index contributed by atoms with van der Waals surface area (Å²) in [6, 6.07) is 2.03. The normalized spacial score (nSPS) is 11.4. The van der Waals surface area contributed by atoms with Crippen molar-refractivity contribution in [2.24, 2.45) is 0 Å². The number of carbonyl (C=O) groups is 1. The first-order valence-electron chi connectivity index (χ1n) is 8.40. The predicted molar refractivity (Wildman–Crippen MR) is 104 cm³/mol. The Hall–Kier alpha value is -1.38. The number of methoxy groups -OCH3 is 1. The first-order chi connectivity index (χ1) is 12.0. The lowest BCUT2D eigenvalue weighted by Gasteiger charge is -2.12. The van der Waals surface area contributed by atoms with Crippen molar-refractivity contribution in [3.05, 3.63) is 21.3 Å². The minimum atomic E-state index is -0.0572. The maximum atomic E-state index is 12.9. The van der Waals surface area contributed by atoms with Crippen molar-refractivity contribution in [2.75, 3.05) is 19.5 Å². The van der Waals surface area contributed by atoms with E-state index in [1.54, 1.807) is 23.0 Å². The SMILES string of the molecule is CCc1cc2c(=O)n(CCCOC)c(SCC(=O)NC(C)C)nc2s1. The van der Waals surface area contributed by atoms with Crippen LogP contribution in [-0.4, -0.2) is 41.0 Å². The van der Waals surface area contributed by atoms with Crippen molar-refractivity contribution in [3.63, 3.8) is 0 Å². The third-order valence-corrected chi connectivity index (χ3v) is 5.68. The minimum Gasteiger partial charge on any atom is -0.385 e. The highest BCUT2D eigenvalue weighted by Gasteiger charge is 2.15. The Labute approximate surface area is 156 Å². The number of thiophene rings is 1. The molecule has 1 N–H and O–H groups in total. The Bertz CT molecular complexity index is 783. The van der Waals surface area contributed by atoms with Gasteiger partial charge in [-0.05, 0) is 32.8 Å². The van der Waals surface area contributed by atoms with Gasteiger partial charge >= 0.3 is 0 Å². The van der Waals surface area contributed by atoms with Gasteiger partial charge in [0.2, 0.25) is 5.91 Å². The summed E-state index contributed by atoms with van der Waals surface area (Å²) in [6.07, 6.45) is 1.60. The zero-order valence-corrected chi connectivity index (χ0v) is 16.8. The summed E-state index contributed by atoms with van der Waals surface area (Å²) in [5, 5.41) is 4.11. The lowest BCUT2D eigenvalue weighted by Crippen LogP contribution is -2.32. The molecular formula is C17H25N3O3S2. The molecule has 0 aromatic carbocycles. The van der Waals surface area contributed by atoms with E-state index < -0.39 is 0 Å². The van der Waals surface area contributed by atoms with Crippen molar-refractivity contribution in [1.29, 1.82) is 0 Å². The van der Waals surface area contributed by atoms with Crippen molar-refractivity contribution in [1.82, 2.24) is 14.9 Å². The molecule has 0 radical (unpaired) electrons. The number of rotatable bonds is 9. The lowest BCUT2D eigenvalue weighted by molar-refractivity contribution is -0.119. The van der Waals surface area contributed by atoms with Crippen LogP contribution in [0.5, 0.6) is 0 Å². The molecule has 25 heavy (non-hydrogen) atoms. The highest BCUT2D eigenvalue weighted by molar-refractivity contribution is 7.99. The fraction of sp³-hybridized carbons (Fsp3) is 0.588. The average molecular weight is 384 g/mol. The molecule has 0 fully saturated rings. The Kier molecular flexibility index (Phi) is 7.46. The summed E-state index contributed by atoms with van der Waals surface area (Å²) in [7, 11) is 1.64. The third kappa shape index (κ3) is 5.29. The van der Waals surface area contributed by atoms with Crippen LogP contribution in [0.1, 0.15) is 32.1 Å². The summed E-state index contributed by atoms with van der Waals surface area (Å²) in [6.45, 7) is 7.01. The first kappa shape index (κ1) is 19.9. The van der Waals surface area contributed by atoms with E-state index in [1.165, 1.54) is 11.8 Å². The van der Waals surface area contributed by atoms with E-state index in [1.807, 2.05) is 19.9 Å². The second-order valence-electron chi connectivity index (χ2n) is 5.99. The van der Waals surface area contributed by atoms with Crippen LogP contribution in [-0.2, 0) is 22.5 Å². The molecule has 0 saturated heterocycles. The van der Waals surface area contributed by atoms with Gasteiger partial charge in [0.1, 0.15) is 4.83 Å². The zero-order valence-electron chi connectivity index (χ0n) is 15.1. The van der Waals surface area contributed by atoms with Crippen LogP contribution in [0.25, 0.3) is 10.2 Å². The van der Waals surface area contributed by atoms with Gasteiger partial charge in [0.25, 0.3) is 5.56 Å². The lowest BCUT2D eigenvalue weighted by atomic mass is 10.3.